The van der Waals surface area contributed by atoms with Gasteiger partial charge in [0.05, 0.1) is 16.8 Å². The van der Waals surface area contributed by atoms with Gasteiger partial charge in [-0.25, -0.2) is 4.68 Å². The minimum absolute atomic E-state index is 0.246. The molecule has 1 N–H and O–H groups in total. The van der Waals surface area contributed by atoms with E-state index in [1.165, 1.54) is 5.56 Å². The molecule has 0 radical (unpaired) electrons. The number of thiazole rings is 1. The van der Waals surface area contributed by atoms with Gasteiger partial charge in [0.25, 0.3) is 0 Å². The lowest BCUT2D eigenvalue weighted by Gasteiger charge is -2.01. The van der Waals surface area contributed by atoms with E-state index >= 15 is 0 Å². The molecule has 0 saturated carbocycles. The zero-order valence-electron chi connectivity index (χ0n) is 15.1. The molecule has 0 unspecified atom stereocenters. The van der Waals surface area contributed by atoms with E-state index in [1.807, 2.05) is 28.9 Å². The second-order valence-corrected chi connectivity index (χ2v) is 7.93. The van der Waals surface area contributed by atoms with Crippen LogP contribution >= 0.6 is 22.7 Å². The molecule has 4 rings (SSSR count). The highest BCUT2D eigenvalue weighted by atomic mass is 32.1. The van der Waals surface area contributed by atoms with E-state index in [-0.39, 0.29) is 5.75 Å². The lowest BCUT2D eigenvalue weighted by molar-refractivity contribution is 0.475. The van der Waals surface area contributed by atoms with Crippen LogP contribution in [0.4, 0.5) is 0 Å². The van der Waals surface area contributed by atoms with Crippen LogP contribution in [0, 0.1) is 0 Å². The highest BCUT2D eigenvalue weighted by Gasteiger charge is 2.08. The molecule has 4 aromatic rings. The Kier molecular flexibility index (Phi) is 5.80. The average Bonchev–Trinajstić information content (AvgIpc) is 3.38. The first-order chi connectivity index (χ1) is 13.8. The second-order valence-electron chi connectivity index (χ2n) is 6.15. The number of aromatic nitrogens is 1. The number of thiophene rings is 1. The molecule has 0 aliphatic carbocycles. The van der Waals surface area contributed by atoms with Crippen molar-refractivity contribution in [2.45, 2.75) is 6.42 Å². The Morgan fingerprint density at radius 1 is 0.929 bits per heavy atom. The summed E-state index contributed by atoms with van der Waals surface area (Å²) in [6.07, 6.45) is 2.69. The predicted molar refractivity (Wildman–Crippen MR) is 117 cm³/mol. The van der Waals surface area contributed by atoms with Gasteiger partial charge in [0.2, 0.25) is 4.80 Å². The first-order valence-electron chi connectivity index (χ1n) is 8.92. The minimum Gasteiger partial charge on any atom is -0.508 e. The van der Waals surface area contributed by atoms with Crippen molar-refractivity contribution in [3.05, 3.63) is 93.4 Å². The van der Waals surface area contributed by atoms with Gasteiger partial charge in [-0.15, -0.1) is 22.7 Å². The number of benzene rings is 2. The maximum Gasteiger partial charge on any atom is 0.206 e. The summed E-state index contributed by atoms with van der Waals surface area (Å²) in [6, 6.07) is 21.5. The monoisotopic (exact) mass is 405 g/mol. The number of nitrogens with zero attached hydrogens (tertiary/aromatic N) is 3. The summed E-state index contributed by atoms with van der Waals surface area (Å²) in [4.78, 5) is 6.82. The number of phenolic OH excluding ortho intramolecular Hbond substituents is 1. The van der Waals surface area contributed by atoms with Crippen LogP contribution in [-0.4, -0.2) is 22.5 Å². The molecule has 0 atom stereocenters. The summed E-state index contributed by atoms with van der Waals surface area (Å²) >= 11 is 3.28. The Labute approximate surface area is 171 Å². The van der Waals surface area contributed by atoms with Gasteiger partial charge in [0.15, 0.2) is 0 Å². The summed E-state index contributed by atoms with van der Waals surface area (Å²) in [5.74, 6) is 0.246. The van der Waals surface area contributed by atoms with Gasteiger partial charge < -0.3 is 5.11 Å². The van der Waals surface area contributed by atoms with Gasteiger partial charge in [0, 0.05) is 11.9 Å². The number of hydrogen-bond donors (Lipinski definition) is 1. The van der Waals surface area contributed by atoms with E-state index in [0.29, 0.717) is 6.54 Å². The van der Waals surface area contributed by atoms with Crippen LogP contribution in [0.2, 0.25) is 0 Å². The van der Waals surface area contributed by atoms with E-state index in [0.717, 1.165) is 27.4 Å². The summed E-state index contributed by atoms with van der Waals surface area (Å²) in [5.41, 5.74) is 3.23. The van der Waals surface area contributed by atoms with Crippen molar-refractivity contribution in [3.63, 3.8) is 0 Å². The fraction of sp³-hybridized carbons (Fsp3) is 0.0909. The Hall–Kier alpha value is -2.96. The molecule has 0 fully saturated rings. The normalized spacial score (nSPS) is 12.1. The smallest absolute Gasteiger partial charge is 0.206 e. The molecule has 2 heterocycles. The fourth-order valence-corrected chi connectivity index (χ4v) is 4.38. The molecule has 0 aliphatic rings. The quantitative estimate of drug-likeness (QED) is 0.451. The van der Waals surface area contributed by atoms with E-state index in [4.69, 9.17) is 4.99 Å². The third-order valence-corrected chi connectivity index (χ3v) is 5.91. The summed E-state index contributed by atoms with van der Waals surface area (Å²) in [6.45, 7) is 0.711. The van der Waals surface area contributed by atoms with E-state index in [9.17, 15) is 5.11 Å². The second kappa shape index (κ2) is 8.82. The van der Waals surface area contributed by atoms with Gasteiger partial charge in [-0.2, -0.15) is 5.10 Å². The Balaban J connectivity index is 1.64. The van der Waals surface area contributed by atoms with Crippen molar-refractivity contribution >= 4 is 28.9 Å². The topological polar surface area (TPSA) is 49.9 Å². The maximum absolute atomic E-state index is 9.45. The predicted octanol–water partition coefficient (Wildman–Crippen LogP) is 5.01. The molecule has 0 spiro atoms. The Morgan fingerprint density at radius 3 is 2.50 bits per heavy atom. The van der Waals surface area contributed by atoms with Crippen molar-refractivity contribution in [3.8, 4) is 16.3 Å². The van der Waals surface area contributed by atoms with Gasteiger partial charge in [0.1, 0.15) is 5.75 Å². The van der Waals surface area contributed by atoms with Crippen LogP contribution in [0.3, 0.4) is 0 Å². The van der Waals surface area contributed by atoms with Crippen LogP contribution < -0.4 is 4.80 Å². The Morgan fingerprint density at radius 2 is 1.75 bits per heavy atom. The van der Waals surface area contributed by atoms with Gasteiger partial charge in [-0.1, -0.05) is 36.4 Å². The van der Waals surface area contributed by atoms with Gasteiger partial charge in [-0.05, 0) is 53.3 Å². The molecule has 2 aromatic carbocycles. The molecule has 0 saturated heterocycles. The van der Waals surface area contributed by atoms with Crippen LogP contribution in [-0.2, 0) is 6.42 Å². The van der Waals surface area contributed by atoms with Crippen molar-refractivity contribution in [2.75, 3.05) is 6.54 Å². The van der Waals surface area contributed by atoms with Crippen LogP contribution in [0.15, 0.2) is 87.6 Å². The molecule has 2 aromatic heterocycles. The molecular weight excluding hydrogens is 386 g/mol. The largest absolute Gasteiger partial charge is 0.508 e. The zero-order valence-corrected chi connectivity index (χ0v) is 16.7. The van der Waals surface area contributed by atoms with Crippen molar-refractivity contribution in [2.24, 2.45) is 10.1 Å². The molecular formula is C22H19N3OS2. The standard InChI is InChI=1S/C22H19N3OS2/c26-19-10-8-18(9-11-19)15-24-25-20(21-7-4-14-27-21)16-28-22(25)23-13-12-17-5-2-1-3-6-17/h1-11,14-16,26H,12-13H2. The Bertz CT molecular complexity index is 1110. The molecule has 140 valence electrons. The third-order valence-electron chi connectivity index (χ3n) is 4.16. The highest BCUT2D eigenvalue weighted by molar-refractivity contribution is 7.14. The van der Waals surface area contributed by atoms with Crippen molar-refractivity contribution in [1.82, 2.24) is 4.68 Å². The molecule has 0 aliphatic heterocycles. The van der Waals surface area contributed by atoms with E-state index in [2.05, 4.69) is 46.2 Å². The summed E-state index contributed by atoms with van der Waals surface area (Å²) < 4.78 is 1.90. The first-order valence-corrected chi connectivity index (χ1v) is 10.7. The zero-order chi connectivity index (χ0) is 19.2. The average molecular weight is 406 g/mol. The molecule has 0 amide bonds. The van der Waals surface area contributed by atoms with Crippen molar-refractivity contribution in [1.29, 1.82) is 0 Å². The summed E-state index contributed by atoms with van der Waals surface area (Å²) in [7, 11) is 0. The third kappa shape index (κ3) is 4.47. The lowest BCUT2D eigenvalue weighted by Crippen LogP contribution is -2.13. The van der Waals surface area contributed by atoms with Crippen LogP contribution in [0.1, 0.15) is 11.1 Å². The number of rotatable bonds is 6. The van der Waals surface area contributed by atoms with Gasteiger partial charge in [-0.3, -0.25) is 4.99 Å². The summed E-state index contributed by atoms with van der Waals surface area (Å²) in [5, 5.41) is 18.3. The number of aromatic hydroxyl groups is 1. The van der Waals surface area contributed by atoms with E-state index in [1.54, 1.807) is 41.0 Å². The van der Waals surface area contributed by atoms with Crippen molar-refractivity contribution < 1.29 is 5.11 Å². The SMILES string of the molecule is Oc1ccc(C=Nn2c(-c3cccs3)csc2=NCCc2ccccc2)cc1. The van der Waals surface area contributed by atoms with E-state index < -0.39 is 0 Å². The molecule has 0 bridgehead atoms. The number of hydrogen-bond acceptors (Lipinski definition) is 5. The molecule has 6 heteroatoms. The number of phenols is 1. The van der Waals surface area contributed by atoms with Crippen LogP contribution in [0.25, 0.3) is 10.6 Å². The molecule has 28 heavy (non-hydrogen) atoms. The fourth-order valence-electron chi connectivity index (χ4n) is 2.72. The first kappa shape index (κ1) is 18.4. The molecule has 4 nitrogen and oxygen atoms in total. The maximum atomic E-state index is 9.45. The van der Waals surface area contributed by atoms with Crippen LogP contribution in [0.5, 0.6) is 5.75 Å². The highest BCUT2D eigenvalue weighted by Crippen LogP contribution is 2.25. The van der Waals surface area contributed by atoms with Gasteiger partial charge >= 0.3 is 0 Å². The lowest BCUT2D eigenvalue weighted by atomic mass is 10.2. The minimum atomic E-state index is 0.246.